The summed E-state index contributed by atoms with van der Waals surface area (Å²) in [4.78, 5) is 4.01. The molecule has 0 unspecified atom stereocenters. The number of rotatable bonds is 3. The van der Waals surface area contributed by atoms with E-state index in [4.69, 9.17) is 14.7 Å². The third-order valence-corrected chi connectivity index (χ3v) is 3.09. The maximum absolute atomic E-state index is 9.10. The maximum atomic E-state index is 9.10. The standard InChI is InChI=1S/C17H18N2O2/c1-17(2,3)13-10-12(20-4)7-8-15(13)21-16-6-5-9-19-14(16)11-18/h5-10H,1-4H3. The smallest absolute Gasteiger partial charge is 0.183 e. The van der Waals surface area contributed by atoms with Crippen molar-refractivity contribution < 1.29 is 9.47 Å². The lowest BCUT2D eigenvalue weighted by Gasteiger charge is -2.23. The van der Waals surface area contributed by atoms with Gasteiger partial charge >= 0.3 is 0 Å². The zero-order valence-electron chi connectivity index (χ0n) is 12.7. The second kappa shape index (κ2) is 5.84. The average molecular weight is 282 g/mol. The van der Waals surface area contributed by atoms with Gasteiger partial charge in [0.05, 0.1) is 7.11 Å². The van der Waals surface area contributed by atoms with E-state index in [1.54, 1.807) is 25.4 Å². The van der Waals surface area contributed by atoms with Gasteiger partial charge in [0.15, 0.2) is 11.4 Å². The van der Waals surface area contributed by atoms with E-state index in [2.05, 4.69) is 25.8 Å². The van der Waals surface area contributed by atoms with Crippen LogP contribution in [0.15, 0.2) is 36.5 Å². The van der Waals surface area contributed by atoms with Crippen molar-refractivity contribution in [3.05, 3.63) is 47.8 Å². The van der Waals surface area contributed by atoms with E-state index < -0.39 is 0 Å². The third kappa shape index (κ3) is 3.32. The second-order valence-electron chi connectivity index (χ2n) is 5.68. The number of hydrogen-bond donors (Lipinski definition) is 0. The Morgan fingerprint density at radius 1 is 1.14 bits per heavy atom. The van der Waals surface area contributed by atoms with Crippen LogP contribution in [0.3, 0.4) is 0 Å². The summed E-state index contributed by atoms with van der Waals surface area (Å²) in [6.45, 7) is 6.30. The molecule has 0 atom stereocenters. The number of nitrogens with zero attached hydrogens (tertiary/aromatic N) is 2. The third-order valence-electron chi connectivity index (χ3n) is 3.09. The Labute approximate surface area is 125 Å². The van der Waals surface area contributed by atoms with Crippen LogP contribution in [0.25, 0.3) is 0 Å². The van der Waals surface area contributed by atoms with Crippen molar-refractivity contribution in [1.29, 1.82) is 5.26 Å². The largest absolute Gasteiger partial charge is 0.497 e. The summed E-state index contributed by atoms with van der Waals surface area (Å²) in [6, 6.07) is 11.2. The highest BCUT2D eigenvalue weighted by molar-refractivity contribution is 5.48. The number of ether oxygens (including phenoxy) is 2. The Hall–Kier alpha value is -2.54. The van der Waals surface area contributed by atoms with Crippen molar-refractivity contribution in [1.82, 2.24) is 4.98 Å². The van der Waals surface area contributed by atoms with Crippen LogP contribution in [0, 0.1) is 11.3 Å². The molecule has 1 heterocycles. The molecule has 1 aromatic heterocycles. The first-order valence-corrected chi connectivity index (χ1v) is 6.67. The van der Waals surface area contributed by atoms with Gasteiger partial charge in [-0.2, -0.15) is 5.26 Å². The highest BCUT2D eigenvalue weighted by atomic mass is 16.5. The molecule has 0 aliphatic rings. The van der Waals surface area contributed by atoms with Crippen LogP contribution in [-0.4, -0.2) is 12.1 Å². The molecule has 0 aliphatic heterocycles. The minimum atomic E-state index is -0.112. The summed E-state index contributed by atoms with van der Waals surface area (Å²) in [5.41, 5.74) is 1.17. The molecule has 2 aromatic rings. The first-order chi connectivity index (χ1) is 9.95. The van der Waals surface area contributed by atoms with E-state index in [1.165, 1.54) is 0 Å². The number of methoxy groups -OCH3 is 1. The van der Waals surface area contributed by atoms with Gasteiger partial charge in [-0.05, 0) is 35.7 Å². The van der Waals surface area contributed by atoms with Crippen LogP contribution >= 0.6 is 0 Å². The molecule has 0 bridgehead atoms. The molecule has 0 saturated carbocycles. The minimum absolute atomic E-state index is 0.112. The van der Waals surface area contributed by atoms with E-state index in [0.717, 1.165) is 11.3 Å². The van der Waals surface area contributed by atoms with Gasteiger partial charge in [-0.3, -0.25) is 0 Å². The molecule has 108 valence electrons. The summed E-state index contributed by atoms with van der Waals surface area (Å²) >= 11 is 0. The second-order valence-corrected chi connectivity index (χ2v) is 5.68. The van der Waals surface area contributed by atoms with Gasteiger partial charge in [0.2, 0.25) is 0 Å². The molecule has 4 heteroatoms. The topological polar surface area (TPSA) is 55.1 Å². The van der Waals surface area contributed by atoms with E-state index in [-0.39, 0.29) is 11.1 Å². The Balaban J connectivity index is 2.47. The van der Waals surface area contributed by atoms with Crippen LogP contribution in [-0.2, 0) is 5.41 Å². The fourth-order valence-corrected chi connectivity index (χ4v) is 1.99. The molecule has 0 spiro atoms. The highest BCUT2D eigenvalue weighted by Crippen LogP contribution is 2.37. The summed E-state index contributed by atoms with van der Waals surface area (Å²) < 4.78 is 11.2. The lowest BCUT2D eigenvalue weighted by molar-refractivity contribution is 0.407. The first-order valence-electron chi connectivity index (χ1n) is 6.67. The van der Waals surface area contributed by atoms with Crippen LogP contribution < -0.4 is 9.47 Å². The number of benzene rings is 1. The molecule has 0 fully saturated rings. The molecular formula is C17H18N2O2. The van der Waals surface area contributed by atoms with Crippen LogP contribution in [0.5, 0.6) is 17.2 Å². The average Bonchev–Trinajstić information content (AvgIpc) is 2.47. The van der Waals surface area contributed by atoms with Gasteiger partial charge in [-0.15, -0.1) is 0 Å². The summed E-state index contributed by atoms with van der Waals surface area (Å²) in [6.07, 6.45) is 1.57. The SMILES string of the molecule is COc1ccc(Oc2cccnc2C#N)c(C(C)(C)C)c1. The number of pyridine rings is 1. The molecule has 0 aliphatic carbocycles. The van der Waals surface area contributed by atoms with Crippen molar-refractivity contribution in [2.75, 3.05) is 7.11 Å². The van der Waals surface area contributed by atoms with Gasteiger partial charge in [0.1, 0.15) is 17.6 Å². The molecule has 2 rings (SSSR count). The van der Waals surface area contributed by atoms with Crippen molar-refractivity contribution in [3.63, 3.8) is 0 Å². The lowest BCUT2D eigenvalue weighted by Crippen LogP contribution is -2.13. The highest BCUT2D eigenvalue weighted by Gasteiger charge is 2.21. The predicted molar refractivity (Wildman–Crippen MR) is 80.7 cm³/mol. The molecule has 0 saturated heterocycles. The summed E-state index contributed by atoms with van der Waals surface area (Å²) in [7, 11) is 1.64. The number of aromatic nitrogens is 1. The Bertz CT molecular complexity index is 682. The zero-order chi connectivity index (χ0) is 15.5. The maximum Gasteiger partial charge on any atom is 0.183 e. The number of hydrogen-bond acceptors (Lipinski definition) is 4. The fraction of sp³-hybridized carbons (Fsp3) is 0.294. The van der Waals surface area contributed by atoms with Crippen molar-refractivity contribution in [2.24, 2.45) is 0 Å². The molecule has 0 radical (unpaired) electrons. The molecule has 1 aromatic carbocycles. The Kier molecular flexibility index (Phi) is 4.13. The fourth-order valence-electron chi connectivity index (χ4n) is 1.99. The quantitative estimate of drug-likeness (QED) is 0.852. The van der Waals surface area contributed by atoms with Gasteiger partial charge in [0.25, 0.3) is 0 Å². The van der Waals surface area contributed by atoms with Gasteiger partial charge in [-0.25, -0.2) is 4.98 Å². The number of nitriles is 1. The van der Waals surface area contributed by atoms with E-state index in [9.17, 15) is 0 Å². The Morgan fingerprint density at radius 2 is 1.90 bits per heavy atom. The normalized spacial score (nSPS) is 10.8. The van der Waals surface area contributed by atoms with Crippen molar-refractivity contribution >= 4 is 0 Å². The van der Waals surface area contributed by atoms with E-state index in [1.807, 2.05) is 24.3 Å². The zero-order valence-corrected chi connectivity index (χ0v) is 12.7. The van der Waals surface area contributed by atoms with E-state index in [0.29, 0.717) is 11.5 Å². The van der Waals surface area contributed by atoms with Crippen LogP contribution in [0.2, 0.25) is 0 Å². The molecular weight excluding hydrogens is 264 g/mol. The Morgan fingerprint density at radius 3 is 2.52 bits per heavy atom. The molecule has 4 nitrogen and oxygen atoms in total. The molecule has 0 amide bonds. The predicted octanol–water partition coefficient (Wildman–Crippen LogP) is 4.05. The van der Waals surface area contributed by atoms with Crippen LogP contribution in [0.4, 0.5) is 0 Å². The molecule has 21 heavy (non-hydrogen) atoms. The van der Waals surface area contributed by atoms with Gasteiger partial charge in [0, 0.05) is 11.8 Å². The van der Waals surface area contributed by atoms with Gasteiger partial charge in [-0.1, -0.05) is 20.8 Å². The van der Waals surface area contributed by atoms with Crippen LogP contribution in [0.1, 0.15) is 32.0 Å². The summed E-state index contributed by atoms with van der Waals surface area (Å²) in [5, 5.41) is 9.10. The van der Waals surface area contributed by atoms with Crippen molar-refractivity contribution in [3.8, 4) is 23.3 Å². The first kappa shape index (κ1) is 14.9. The lowest BCUT2D eigenvalue weighted by atomic mass is 9.86. The minimum Gasteiger partial charge on any atom is -0.497 e. The summed E-state index contributed by atoms with van der Waals surface area (Å²) in [5.74, 6) is 1.93. The monoisotopic (exact) mass is 282 g/mol. The van der Waals surface area contributed by atoms with Gasteiger partial charge < -0.3 is 9.47 Å². The van der Waals surface area contributed by atoms with E-state index >= 15 is 0 Å². The van der Waals surface area contributed by atoms with Crippen molar-refractivity contribution in [2.45, 2.75) is 26.2 Å². The molecule has 0 N–H and O–H groups in total.